The molecule has 2 rings (SSSR count). The van der Waals surface area contributed by atoms with E-state index in [0.717, 1.165) is 32.4 Å². The predicted octanol–water partition coefficient (Wildman–Crippen LogP) is 2.84. The van der Waals surface area contributed by atoms with Crippen LogP contribution in [0, 0.1) is 5.92 Å². The van der Waals surface area contributed by atoms with Crippen LogP contribution in [0.3, 0.4) is 0 Å². The normalized spacial score (nSPS) is 16.1. The Morgan fingerprint density at radius 3 is 2.63 bits per heavy atom. The standard InChI is InChI=1S/C16H22N2O/c1-2-10-17-16(19)18-11-8-15(9-12-18)13-14-6-4-3-5-7-14/h2-7,15H,1,8-13H2,(H,17,19). The number of urea groups is 1. The van der Waals surface area contributed by atoms with Gasteiger partial charge in [-0.2, -0.15) is 0 Å². The van der Waals surface area contributed by atoms with E-state index < -0.39 is 0 Å². The first-order chi connectivity index (χ1) is 9.29. The lowest BCUT2D eigenvalue weighted by Gasteiger charge is -2.32. The molecule has 0 aliphatic carbocycles. The minimum absolute atomic E-state index is 0.0399. The number of carbonyl (C=O) groups excluding carboxylic acids is 1. The number of likely N-dealkylation sites (tertiary alicyclic amines) is 1. The van der Waals surface area contributed by atoms with Crippen molar-refractivity contribution in [3.05, 3.63) is 48.6 Å². The zero-order valence-corrected chi connectivity index (χ0v) is 11.3. The maximum absolute atomic E-state index is 11.8. The smallest absolute Gasteiger partial charge is 0.317 e. The summed E-state index contributed by atoms with van der Waals surface area (Å²) in [6.45, 7) is 5.87. The molecule has 0 radical (unpaired) electrons. The number of hydrogen-bond donors (Lipinski definition) is 1. The maximum Gasteiger partial charge on any atom is 0.317 e. The third-order valence-corrected chi connectivity index (χ3v) is 3.67. The van der Waals surface area contributed by atoms with E-state index in [4.69, 9.17) is 0 Å². The Balaban J connectivity index is 1.76. The molecule has 1 heterocycles. The molecular weight excluding hydrogens is 236 g/mol. The summed E-state index contributed by atoms with van der Waals surface area (Å²) in [6.07, 6.45) is 5.02. The van der Waals surface area contributed by atoms with Crippen LogP contribution >= 0.6 is 0 Å². The molecule has 1 fully saturated rings. The van der Waals surface area contributed by atoms with Gasteiger partial charge in [0.05, 0.1) is 0 Å². The van der Waals surface area contributed by atoms with E-state index in [2.05, 4.69) is 42.2 Å². The number of rotatable bonds is 4. The van der Waals surface area contributed by atoms with Crippen molar-refractivity contribution >= 4 is 6.03 Å². The summed E-state index contributed by atoms with van der Waals surface area (Å²) < 4.78 is 0. The molecule has 1 aliphatic heterocycles. The van der Waals surface area contributed by atoms with Gasteiger partial charge in [-0.3, -0.25) is 0 Å². The second-order valence-corrected chi connectivity index (χ2v) is 5.09. The van der Waals surface area contributed by atoms with Gasteiger partial charge in [0.2, 0.25) is 0 Å². The molecule has 0 saturated carbocycles. The number of amides is 2. The van der Waals surface area contributed by atoms with E-state index in [1.54, 1.807) is 6.08 Å². The van der Waals surface area contributed by atoms with Crippen LogP contribution in [0.15, 0.2) is 43.0 Å². The number of nitrogens with zero attached hydrogens (tertiary/aromatic N) is 1. The van der Waals surface area contributed by atoms with Crippen molar-refractivity contribution in [2.24, 2.45) is 5.92 Å². The molecule has 0 bridgehead atoms. The van der Waals surface area contributed by atoms with Crippen LogP contribution in [0.5, 0.6) is 0 Å². The van der Waals surface area contributed by atoms with Gasteiger partial charge in [0.15, 0.2) is 0 Å². The van der Waals surface area contributed by atoms with Gasteiger partial charge in [0.1, 0.15) is 0 Å². The first kappa shape index (κ1) is 13.7. The minimum Gasteiger partial charge on any atom is -0.335 e. The van der Waals surface area contributed by atoms with Gasteiger partial charge in [-0.25, -0.2) is 4.79 Å². The molecule has 19 heavy (non-hydrogen) atoms. The third kappa shape index (κ3) is 4.12. The highest BCUT2D eigenvalue weighted by molar-refractivity contribution is 5.74. The van der Waals surface area contributed by atoms with Gasteiger partial charge in [-0.1, -0.05) is 36.4 Å². The van der Waals surface area contributed by atoms with Crippen LogP contribution in [0.1, 0.15) is 18.4 Å². The van der Waals surface area contributed by atoms with Gasteiger partial charge in [0, 0.05) is 19.6 Å². The molecule has 3 nitrogen and oxygen atoms in total. The molecule has 3 heteroatoms. The van der Waals surface area contributed by atoms with E-state index in [-0.39, 0.29) is 6.03 Å². The fraction of sp³-hybridized carbons (Fsp3) is 0.438. The lowest BCUT2D eigenvalue weighted by atomic mass is 9.90. The zero-order valence-electron chi connectivity index (χ0n) is 11.3. The van der Waals surface area contributed by atoms with Gasteiger partial charge in [-0.05, 0) is 30.7 Å². The fourth-order valence-electron chi connectivity index (χ4n) is 2.56. The molecule has 0 atom stereocenters. The minimum atomic E-state index is 0.0399. The Kier molecular flexibility index (Phi) is 5.01. The molecule has 1 aliphatic rings. The highest BCUT2D eigenvalue weighted by Gasteiger charge is 2.22. The largest absolute Gasteiger partial charge is 0.335 e. The first-order valence-electron chi connectivity index (χ1n) is 6.97. The van der Waals surface area contributed by atoms with Crippen LogP contribution in [-0.2, 0) is 6.42 Å². The second kappa shape index (κ2) is 6.98. The monoisotopic (exact) mass is 258 g/mol. The molecule has 0 aromatic heterocycles. The molecule has 102 valence electrons. The van der Waals surface area contributed by atoms with E-state index in [1.165, 1.54) is 5.56 Å². The van der Waals surface area contributed by atoms with E-state index in [9.17, 15) is 4.79 Å². The van der Waals surface area contributed by atoms with Crippen molar-refractivity contribution < 1.29 is 4.79 Å². The quantitative estimate of drug-likeness (QED) is 0.828. The van der Waals surface area contributed by atoms with Crippen LogP contribution in [-0.4, -0.2) is 30.6 Å². The number of nitrogens with one attached hydrogen (secondary N) is 1. The summed E-state index contributed by atoms with van der Waals surface area (Å²) in [7, 11) is 0. The zero-order chi connectivity index (χ0) is 13.5. The summed E-state index contributed by atoms with van der Waals surface area (Å²) in [5.41, 5.74) is 1.40. The SMILES string of the molecule is C=CCNC(=O)N1CCC(Cc2ccccc2)CC1. The summed E-state index contributed by atoms with van der Waals surface area (Å²) in [4.78, 5) is 13.7. The molecule has 1 N–H and O–H groups in total. The topological polar surface area (TPSA) is 32.3 Å². The number of carbonyl (C=O) groups is 1. The van der Waals surface area contributed by atoms with Crippen LogP contribution in [0.2, 0.25) is 0 Å². The van der Waals surface area contributed by atoms with Crippen LogP contribution < -0.4 is 5.32 Å². The van der Waals surface area contributed by atoms with Gasteiger partial charge < -0.3 is 10.2 Å². The summed E-state index contributed by atoms with van der Waals surface area (Å²) in [6, 6.07) is 10.6. The third-order valence-electron chi connectivity index (χ3n) is 3.67. The Morgan fingerprint density at radius 2 is 2.00 bits per heavy atom. The first-order valence-corrected chi connectivity index (χ1v) is 6.97. The average Bonchev–Trinajstić information content (AvgIpc) is 2.46. The van der Waals surface area contributed by atoms with E-state index in [1.807, 2.05) is 4.90 Å². The molecule has 1 aromatic rings. The molecule has 0 unspecified atom stereocenters. The molecule has 2 amide bonds. The maximum atomic E-state index is 11.8. The second-order valence-electron chi connectivity index (χ2n) is 5.09. The Morgan fingerprint density at radius 1 is 1.32 bits per heavy atom. The predicted molar refractivity (Wildman–Crippen MR) is 78.0 cm³/mol. The Bertz CT molecular complexity index is 408. The van der Waals surface area contributed by atoms with Crippen molar-refractivity contribution in [1.29, 1.82) is 0 Å². The Labute approximate surface area is 115 Å². The lowest BCUT2D eigenvalue weighted by molar-refractivity contribution is 0.171. The van der Waals surface area contributed by atoms with Crippen LogP contribution in [0.4, 0.5) is 4.79 Å². The van der Waals surface area contributed by atoms with Crippen LogP contribution in [0.25, 0.3) is 0 Å². The van der Waals surface area contributed by atoms with Crippen molar-refractivity contribution in [2.45, 2.75) is 19.3 Å². The highest BCUT2D eigenvalue weighted by Crippen LogP contribution is 2.21. The Hall–Kier alpha value is -1.77. The highest BCUT2D eigenvalue weighted by atomic mass is 16.2. The van der Waals surface area contributed by atoms with E-state index in [0.29, 0.717) is 12.5 Å². The fourth-order valence-corrected chi connectivity index (χ4v) is 2.56. The number of benzene rings is 1. The van der Waals surface area contributed by atoms with E-state index >= 15 is 0 Å². The number of hydrogen-bond acceptors (Lipinski definition) is 1. The van der Waals surface area contributed by atoms with Gasteiger partial charge in [-0.15, -0.1) is 6.58 Å². The van der Waals surface area contributed by atoms with Crippen molar-refractivity contribution in [3.63, 3.8) is 0 Å². The van der Waals surface area contributed by atoms with Crippen molar-refractivity contribution in [3.8, 4) is 0 Å². The molecule has 0 spiro atoms. The molecule has 1 saturated heterocycles. The van der Waals surface area contributed by atoms with Crippen molar-refractivity contribution in [1.82, 2.24) is 10.2 Å². The molecule has 1 aromatic carbocycles. The summed E-state index contributed by atoms with van der Waals surface area (Å²) in [5, 5.41) is 2.84. The number of piperidine rings is 1. The lowest BCUT2D eigenvalue weighted by Crippen LogP contribution is -2.44. The summed E-state index contributed by atoms with van der Waals surface area (Å²) >= 11 is 0. The van der Waals surface area contributed by atoms with Gasteiger partial charge >= 0.3 is 6.03 Å². The summed E-state index contributed by atoms with van der Waals surface area (Å²) in [5.74, 6) is 0.700. The molecular formula is C16H22N2O. The van der Waals surface area contributed by atoms with Gasteiger partial charge in [0.25, 0.3) is 0 Å². The van der Waals surface area contributed by atoms with Crippen molar-refractivity contribution in [2.75, 3.05) is 19.6 Å². The average molecular weight is 258 g/mol.